The van der Waals surface area contributed by atoms with E-state index in [1.54, 1.807) is 6.92 Å². The number of nitrogens with zero attached hydrogens (tertiary/aromatic N) is 3. The number of nitrogens with one attached hydrogen (secondary N) is 1. The van der Waals surface area contributed by atoms with Gasteiger partial charge in [-0.15, -0.1) is 0 Å². The fourth-order valence-electron chi connectivity index (χ4n) is 5.12. The van der Waals surface area contributed by atoms with E-state index < -0.39 is 17.3 Å². The van der Waals surface area contributed by atoms with Crippen LogP contribution in [0.15, 0.2) is 11.0 Å². The average molecular weight is 414 g/mol. The lowest BCUT2D eigenvalue weighted by Gasteiger charge is -2.27. The number of aromatic nitrogens is 2. The van der Waals surface area contributed by atoms with Crippen molar-refractivity contribution in [3.05, 3.63) is 39.3 Å². The van der Waals surface area contributed by atoms with Gasteiger partial charge in [-0.25, -0.2) is 14.2 Å². The Morgan fingerprint density at radius 1 is 1.37 bits per heavy atom. The van der Waals surface area contributed by atoms with E-state index in [4.69, 9.17) is 4.74 Å². The third-order valence-corrected chi connectivity index (χ3v) is 6.68. The van der Waals surface area contributed by atoms with E-state index in [-0.39, 0.29) is 18.2 Å². The Kier molecular flexibility index (Phi) is 4.76. The lowest BCUT2D eigenvalue weighted by molar-refractivity contribution is 0.0516. The third-order valence-electron chi connectivity index (χ3n) is 6.68. The lowest BCUT2D eigenvalue weighted by Crippen LogP contribution is -2.33. The number of likely N-dealkylation sites (N-methyl/N-ethyl adjacent to an activating group) is 1. The summed E-state index contributed by atoms with van der Waals surface area (Å²) in [6, 6.07) is 0.620. The molecule has 0 aromatic carbocycles. The maximum atomic E-state index is 15.5. The van der Waals surface area contributed by atoms with Gasteiger partial charge in [0.05, 0.1) is 29.7 Å². The summed E-state index contributed by atoms with van der Waals surface area (Å²) >= 11 is 0. The Balaban J connectivity index is 1.77. The van der Waals surface area contributed by atoms with Crippen molar-refractivity contribution in [3.63, 3.8) is 0 Å². The number of hydrogen-bond donors (Lipinski definition) is 1. The predicted octanol–water partition coefficient (Wildman–Crippen LogP) is 2.39. The highest BCUT2D eigenvalue weighted by Crippen LogP contribution is 2.45. The fourth-order valence-corrected chi connectivity index (χ4v) is 5.12. The Labute approximate surface area is 174 Å². The molecule has 4 heterocycles. The van der Waals surface area contributed by atoms with E-state index in [0.717, 1.165) is 49.9 Å². The average Bonchev–Trinajstić information content (AvgIpc) is 3.52. The van der Waals surface area contributed by atoms with Crippen molar-refractivity contribution >= 4 is 17.2 Å². The summed E-state index contributed by atoms with van der Waals surface area (Å²) in [6.45, 7) is 2.59. The highest BCUT2D eigenvalue weighted by Gasteiger charge is 2.38. The number of pyridine rings is 1. The van der Waals surface area contributed by atoms with Crippen molar-refractivity contribution in [2.45, 2.75) is 63.5 Å². The molecule has 2 fully saturated rings. The Hall–Kier alpha value is -2.48. The number of aryl methyl sites for hydroxylation is 1. The van der Waals surface area contributed by atoms with Gasteiger partial charge in [-0.3, -0.25) is 9.20 Å². The van der Waals surface area contributed by atoms with Crippen LogP contribution in [0.3, 0.4) is 0 Å². The molecule has 30 heavy (non-hydrogen) atoms. The summed E-state index contributed by atoms with van der Waals surface area (Å²) in [5, 5.41) is 3.33. The molecule has 0 bridgehead atoms. The van der Waals surface area contributed by atoms with Gasteiger partial charge in [-0.05, 0) is 52.5 Å². The van der Waals surface area contributed by atoms with Crippen LogP contribution < -0.4 is 15.8 Å². The zero-order chi connectivity index (χ0) is 21.0. The van der Waals surface area contributed by atoms with Crippen LogP contribution in [0.2, 0.25) is 0 Å². The molecular formula is C22H27FN4O3. The Morgan fingerprint density at radius 3 is 2.87 bits per heavy atom. The molecule has 2 atom stereocenters. The van der Waals surface area contributed by atoms with Crippen LogP contribution in [-0.2, 0) is 11.2 Å². The van der Waals surface area contributed by atoms with E-state index in [2.05, 4.69) is 15.2 Å². The second-order valence-corrected chi connectivity index (χ2v) is 8.59. The topological polar surface area (TPSA) is 75.9 Å². The standard InChI is InChI=1S/C22H27FN4O3/c1-3-30-22(29)18-21(28)27-11-16(23)19-15(20(27)17(25-18)12-7-8-12)6-4-5-14-9-13(24-2)10-26(14)19/h11-14,24H,3-10H2,1-2H3. The van der Waals surface area contributed by atoms with E-state index in [1.807, 2.05) is 7.05 Å². The van der Waals surface area contributed by atoms with Crippen molar-refractivity contribution in [1.29, 1.82) is 0 Å². The zero-order valence-corrected chi connectivity index (χ0v) is 17.4. The molecule has 1 aliphatic carbocycles. The first-order valence-electron chi connectivity index (χ1n) is 10.9. The highest BCUT2D eigenvalue weighted by atomic mass is 19.1. The van der Waals surface area contributed by atoms with Gasteiger partial charge in [0.1, 0.15) is 0 Å². The number of esters is 1. The molecule has 2 unspecified atom stereocenters. The molecule has 0 spiro atoms. The van der Waals surface area contributed by atoms with Gasteiger partial charge in [0.25, 0.3) is 5.56 Å². The SMILES string of the molecule is CCOC(=O)c1nc(C2CC2)c2c3c(c(F)cn2c1=O)N1CC(NC)CC1CCC3. The van der Waals surface area contributed by atoms with Crippen LogP contribution >= 0.6 is 0 Å². The molecule has 0 amide bonds. The molecule has 2 aliphatic heterocycles. The van der Waals surface area contributed by atoms with Crippen molar-refractivity contribution in [1.82, 2.24) is 14.7 Å². The Bertz CT molecular complexity index is 1080. The largest absolute Gasteiger partial charge is 0.461 e. The lowest BCUT2D eigenvalue weighted by atomic mass is 10.0. The molecule has 0 radical (unpaired) electrons. The summed E-state index contributed by atoms with van der Waals surface area (Å²) in [7, 11) is 1.94. The zero-order valence-electron chi connectivity index (χ0n) is 17.4. The molecule has 160 valence electrons. The van der Waals surface area contributed by atoms with Crippen LogP contribution in [-0.4, -0.2) is 47.6 Å². The minimum Gasteiger partial charge on any atom is -0.461 e. The summed E-state index contributed by atoms with van der Waals surface area (Å²) in [5.74, 6) is -0.956. The molecule has 3 aliphatic rings. The van der Waals surface area contributed by atoms with E-state index in [9.17, 15) is 9.59 Å². The van der Waals surface area contributed by atoms with Crippen LogP contribution in [0.1, 0.15) is 66.7 Å². The molecule has 2 aromatic rings. The maximum absolute atomic E-state index is 15.5. The number of anilines is 1. The second-order valence-electron chi connectivity index (χ2n) is 8.59. The van der Waals surface area contributed by atoms with Crippen LogP contribution in [0, 0.1) is 5.82 Å². The molecule has 1 saturated heterocycles. The first kappa shape index (κ1) is 19.5. The van der Waals surface area contributed by atoms with Crippen molar-refractivity contribution in [2.24, 2.45) is 0 Å². The Morgan fingerprint density at radius 2 is 2.17 bits per heavy atom. The van der Waals surface area contributed by atoms with Gasteiger partial charge in [-0.1, -0.05) is 0 Å². The van der Waals surface area contributed by atoms with Crippen molar-refractivity contribution in [2.75, 3.05) is 25.1 Å². The first-order chi connectivity index (χ1) is 14.5. The van der Waals surface area contributed by atoms with Gasteiger partial charge in [-0.2, -0.15) is 0 Å². The number of halogens is 1. The number of carbonyl (C=O) groups excluding carboxylic acids is 1. The van der Waals surface area contributed by atoms with Gasteiger partial charge in [0.2, 0.25) is 5.69 Å². The number of hydrogen-bond acceptors (Lipinski definition) is 6. The predicted molar refractivity (Wildman–Crippen MR) is 111 cm³/mol. The molecule has 5 rings (SSSR count). The molecule has 8 heteroatoms. The van der Waals surface area contributed by atoms with E-state index >= 15 is 4.39 Å². The normalized spacial score (nSPS) is 23.2. The third kappa shape index (κ3) is 3.00. The minimum atomic E-state index is -0.745. The molecule has 1 saturated carbocycles. The second kappa shape index (κ2) is 7.34. The number of ether oxygens (including phenoxy) is 1. The maximum Gasteiger partial charge on any atom is 0.362 e. The van der Waals surface area contributed by atoms with Crippen LogP contribution in [0.4, 0.5) is 10.1 Å². The summed E-state index contributed by atoms with van der Waals surface area (Å²) in [4.78, 5) is 32.1. The monoisotopic (exact) mass is 414 g/mol. The van der Waals surface area contributed by atoms with Gasteiger partial charge < -0.3 is 15.0 Å². The number of carbonyl (C=O) groups is 1. The molecule has 7 nitrogen and oxygen atoms in total. The summed E-state index contributed by atoms with van der Waals surface area (Å²) in [5.41, 5.74) is 2.04. The summed E-state index contributed by atoms with van der Waals surface area (Å²) in [6.07, 6.45) is 6.79. The number of rotatable bonds is 4. The van der Waals surface area contributed by atoms with Gasteiger partial charge >= 0.3 is 5.97 Å². The minimum absolute atomic E-state index is 0.156. The van der Waals surface area contributed by atoms with Gasteiger partial charge in [0.15, 0.2) is 5.82 Å². The van der Waals surface area contributed by atoms with Crippen LogP contribution in [0.5, 0.6) is 0 Å². The van der Waals surface area contributed by atoms with Crippen LogP contribution in [0.25, 0.3) is 5.52 Å². The quantitative estimate of drug-likeness (QED) is 0.775. The number of fused-ring (bicyclic) bond motifs is 5. The molecule has 2 aromatic heterocycles. The molecular weight excluding hydrogens is 387 g/mol. The van der Waals surface area contributed by atoms with Crippen molar-refractivity contribution in [3.8, 4) is 0 Å². The fraction of sp³-hybridized carbons (Fsp3) is 0.591. The van der Waals surface area contributed by atoms with Gasteiger partial charge in [0, 0.05) is 30.1 Å². The first-order valence-corrected chi connectivity index (χ1v) is 10.9. The summed E-state index contributed by atoms with van der Waals surface area (Å²) < 4.78 is 21.8. The van der Waals surface area contributed by atoms with E-state index in [0.29, 0.717) is 29.7 Å². The van der Waals surface area contributed by atoms with Crippen molar-refractivity contribution < 1.29 is 13.9 Å². The smallest absolute Gasteiger partial charge is 0.362 e. The molecule has 1 N–H and O–H groups in total. The highest BCUT2D eigenvalue weighted by molar-refractivity contribution is 5.88. The van der Waals surface area contributed by atoms with E-state index in [1.165, 1.54) is 10.6 Å².